The summed E-state index contributed by atoms with van der Waals surface area (Å²) in [6.45, 7) is 1.93. The summed E-state index contributed by atoms with van der Waals surface area (Å²) in [6.07, 6.45) is 1.06. The molecule has 1 aliphatic heterocycles. The fraction of sp³-hybridized carbons (Fsp3) is 0.462. The van der Waals surface area contributed by atoms with Crippen LogP contribution in [0.3, 0.4) is 0 Å². The Hall–Kier alpha value is -1.26. The molecule has 98 valence electrons. The van der Waals surface area contributed by atoms with Gasteiger partial charge in [0.15, 0.2) is 0 Å². The maximum absolute atomic E-state index is 12.1. The van der Waals surface area contributed by atoms with Crippen molar-refractivity contribution in [1.82, 2.24) is 10.2 Å². The van der Waals surface area contributed by atoms with E-state index in [1.807, 2.05) is 6.07 Å². The maximum atomic E-state index is 12.1. The van der Waals surface area contributed by atoms with Gasteiger partial charge in [0.05, 0.1) is 5.56 Å². The van der Waals surface area contributed by atoms with Crippen molar-refractivity contribution in [1.29, 1.82) is 0 Å². The van der Waals surface area contributed by atoms with Gasteiger partial charge in [0.1, 0.15) is 0 Å². The lowest BCUT2D eigenvalue weighted by Gasteiger charge is -2.18. The molecule has 1 amide bonds. The molecule has 4 nitrogen and oxygen atoms in total. The standard InChI is InChI=1S/C13H18ClN3O/c1-17(2)13(18)11-4-3-9(14)7-12(11)16-10-5-6-15-8-10/h3-4,7,10,15-16H,5-6,8H2,1-2H3. The Bertz CT molecular complexity index is 442. The van der Waals surface area contributed by atoms with Gasteiger partial charge in [0.25, 0.3) is 5.91 Å². The van der Waals surface area contributed by atoms with E-state index in [4.69, 9.17) is 11.6 Å². The van der Waals surface area contributed by atoms with Crippen molar-refractivity contribution in [3.8, 4) is 0 Å². The summed E-state index contributed by atoms with van der Waals surface area (Å²) in [5, 5.41) is 7.32. The summed E-state index contributed by atoms with van der Waals surface area (Å²) in [7, 11) is 3.50. The molecule has 1 fully saturated rings. The number of rotatable bonds is 3. The topological polar surface area (TPSA) is 44.4 Å². The number of nitrogens with one attached hydrogen (secondary N) is 2. The molecule has 2 N–H and O–H groups in total. The van der Waals surface area contributed by atoms with Crippen molar-refractivity contribution in [3.63, 3.8) is 0 Å². The van der Waals surface area contributed by atoms with E-state index < -0.39 is 0 Å². The molecular weight excluding hydrogens is 250 g/mol. The minimum absolute atomic E-state index is 0.0138. The van der Waals surface area contributed by atoms with Crippen molar-refractivity contribution in [2.24, 2.45) is 0 Å². The zero-order valence-corrected chi connectivity index (χ0v) is 11.4. The van der Waals surface area contributed by atoms with Crippen LogP contribution in [-0.2, 0) is 0 Å². The van der Waals surface area contributed by atoms with E-state index in [2.05, 4.69) is 10.6 Å². The molecule has 0 saturated carbocycles. The molecule has 2 rings (SSSR count). The highest BCUT2D eigenvalue weighted by atomic mass is 35.5. The normalized spacial score (nSPS) is 18.7. The Morgan fingerprint density at radius 3 is 2.89 bits per heavy atom. The molecule has 1 heterocycles. The second-order valence-electron chi connectivity index (χ2n) is 4.72. The van der Waals surface area contributed by atoms with Crippen LogP contribution in [0.2, 0.25) is 5.02 Å². The fourth-order valence-corrected chi connectivity index (χ4v) is 2.23. The maximum Gasteiger partial charge on any atom is 0.255 e. The number of carbonyl (C=O) groups excluding carboxylic acids is 1. The smallest absolute Gasteiger partial charge is 0.255 e. The third-order valence-electron chi connectivity index (χ3n) is 3.04. The van der Waals surface area contributed by atoms with Crippen LogP contribution < -0.4 is 10.6 Å². The lowest BCUT2D eigenvalue weighted by Crippen LogP contribution is -2.26. The van der Waals surface area contributed by atoms with Crippen LogP contribution in [0.4, 0.5) is 5.69 Å². The first kappa shape index (κ1) is 13.2. The van der Waals surface area contributed by atoms with E-state index in [9.17, 15) is 4.79 Å². The third-order valence-corrected chi connectivity index (χ3v) is 3.27. The monoisotopic (exact) mass is 267 g/mol. The average molecular weight is 268 g/mol. The highest BCUT2D eigenvalue weighted by Crippen LogP contribution is 2.23. The lowest BCUT2D eigenvalue weighted by molar-refractivity contribution is 0.0828. The Balaban J connectivity index is 2.25. The Kier molecular flexibility index (Phi) is 4.09. The van der Waals surface area contributed by atoms with Crippen LogP contribution in [0.5, 0.6) is 0 Å². The van der Waals surface area contributed by atoms with E-state index in [1.54, 1.807) is 31.1 Å². The van der Waals surface area contributed by atoms with Gasteiger partial charge in [-0.15, -0.1) is 0 Å². The van der Waals surface area contributed by atoms with Gasteiger partial charge in [-0.3, -0.25) is 4.79 Å². The molecule has 1 aromatic carbocycles. The van der Waals surface area contributed by atoms with Crippen molar-refractivity contribution >= 4 is 23.2 Å². The Morgan fingerprint density at radius 2 is 2.28 bits per heavy atom. The van der Waals surface area contributed by atoms with Gasteiger partial charge >= 0.3 is 0 Å². The van der Waals surface area contributed by atoms with Gasteiger partial charge in [-0.2, -0.15) is 0 Å². The van der Waals surface area contributed by atoms with E-state index in [-0.39, 0.29) is 5.91 Å². The van der Waals surface area contributed by atoms with Gasteiger partial charge < -0.3 is 15.5 Å². The summed E-state index contributed by atoms with van der Waals surface area (Å²) in [5.74, 6) is -0.0138. The van der Waals surface area contributed by atoms with E-state index in [1.165, 1.54) is 0 Å². The van der Waals surface area contributed by atoms with Crippen molar-refractivity contribution in [2.45, 2.75) is 12.5 Å². The van der Waals surface area contributed by atoms with E-state index in [0.29, 0.717) is 16.6 Å². The first-order chi connectivity index (χ1) is 8.58. The first-order valence-electron chi connectivity index (χ1n) is 6.06. The van der Waals surface area contributed by atoms with Crippen molar-refractivity contribution in [3.05, 3.63) is 28.8 Å². The Labute approximate surface area is 112 Å². The first-order valence-corrected chi connectivity index (χ1v) is 6.44. The highest BCUT2D eigenvalue weighted by Gasteiger charge is 2.19. The lowest BCUT2D eigenvalue weighted by atomic mass is 10.1. The largest absolute Gasteiger partial charge is 0.380 e. The second kappa shape index (κ2) is 5.59. The van der Waals surface area contributed by atoms with Crippen molar-refractivity contribution < 1.29 is 4.79 Å². The molecule has 1 saturated heterocycles. The van der Waals surface area contributed by atoms with Gasteiger partial charge in [0.2, 0.25) is 0 Å². The molecule has 1 aromatic rings. The fourth-order valence-electron chi connectivity index (χ4n) is 2.06. The third kappa shape index (κ3) is 2.94. The number of carbonyl (C=O) groups is 1. The molecule has 1 atom stereocenters. The minimum atomic E-state index is -0.0138. The zero-order valence-electron chi connectivity index (χ0n) is 10.7. The second-order valence-corrected chi connectivity index (χ2v) is 5.16. The molecule has 0 radical (unpaired) electrons. The highest BCUT2D eigenvalue weighted by molar-refractivity contribution is 6.31. The molecule has 0 bridgehead atoms. The number of nitrogens with zero attached hydrogens (tertiary/aromatic N) is 1. The predicted molar refractivity (Wildman–Crippen MR) is 74.4 cm³/mol. The summed E-state index contributed by atoms with van der Waals surface area (Å²) in [4.78, 5) is 13.6. The summed E-state index contributed by atoms with van der Waals surface area (Å²) in [5.41, 5.74) is 1.48. The molecule has 0 spiro atoms. The molecule has 1 aliphatic rings. The van der Waals surface area contributed by atoms with Gasteiger partial charge in [-0.1, -0.05) is 11.6 Å². The molecule has 0 aliphatic carbocycles. The van der Waals surface area contributed by atoms with E-state index >= 15 is 0 Å². The summed E-state index contributed by atoms with van der Waals surface area (Å²) < 4.78 is 0. The van der Waals surface area contributed by atoms with Crippen LogP contribution in [-0.4, -0.2) is 44.0 Å². The van der Waals surface area contributed by atoms with Crippen LogP contribution >= 0.6 is 11.6 Å². The number of anilines is 1. The minimum Gasteiger partial charge on any atom is -0.380 e. The number of benzene rings is 1. The Morgan fingerprint density at radius 1 is 1.50 bits per heavy atom. The van der Waals surface area contributed by atoms with E-state index in [0.717, 1.165) is 25.2 Å². The quantitative estimate of drug-likeness (QED) is 0.878. The number of halogens is 1. The van der Waals surface area contributed by atoms with Crippen LogP contribution in [0.25, 0.3) is 0 Å². The molecule has 1 unspecified atom stereocenters. The predicted octanol–water partition coefficient (Wildman–Crippen LogP) is 1.82. The number of amides is 1. The number of hydrogen-bond donors (Lipinski definition) is 2. The molecule has 18 heavy (non-hydrogen) atoms. The molecule has 0 aromatic heterocycles. The SMILES string of the molecule is CN(C)C(=O)c1ccc(Cl)cc1NC1CCNC1. The van der Waals surface area contributed by atoms with Crippen molar-refractivity contribution in [2.75, 3.05) is 32.5 Å². The average Bonchev–Trinajstić information content (AvgIpc) is 2.81. The van der Waals surface area contributed by atoms with Crippen LogP contribution in [0.1, 0.15) is 16.8 Å². The summed E-state index contributed by atoms with van der Waals surface area (Å²) >= 11 is 6.01. The summed E-state index contributed by atoms with van der Waals surface area (Å²) in [6, 6.07) is 5.69. The zero-order chi connectivity index (χ0) is 13.1. The van der Waals surface area contributed by atoms with Gasteiger partial charge in [-0.25, -0.2) is 0 Å². The van der Waals surface area contributed by atoms with Crippen LogP contribution in [0, 0.1) is 0 Å². The molecule has 5 heteroatoms. The molecular formula is C13H18ClN3O. The van der Waals surface area contributed by atoms with Gasteiger partial charge in [0, 0.05) is 37.4 Å². The number of hydrogen-bond acceptors (Lipinski definition) is 3. The van der Waals surface area contributed by atoms with Gasteiger partial charge in [-0.05, 0) is 31.2 Å². The van der Waals surface area contributed by atoms with Crippen LogP contribution in [0.15, 0.2) is 18.2 Å².